The lowest BCUT2D eigenvalue weighted by molar-refractivity contribution is 0.0806. The highest BCUT2D eigenvalue weighted by Gasteiger charge is 2.35. The zero-order chi connectivity index (χ0) is 14.1. The van der Waals surface area contributed by atoms with Gasteiger partial charge in [0.05, 0.1) is 0 Å². The van der Waals surface area contributed by atoms with E-state index in [4.69, 9.17) is 0 Å². The third kappa shape index (κ3) is 2.47. The molecule has 4 heteroatoms. The predicted octanol–water partition coefficient (Wildman–Crippen LogP) is 3.02. The Morgan fingerprint density at radius 2 is 1.85 bits per heavy atom. The van der Waals surface area contributed by atoms with Crippen molar-refractivity contribution >= 4 is 0 Å². The Kier molecular flexibility index (Phi) is 4.03. The van der Waals surface area contributed by atoms with Crippen LogP contribution in [0, 0.1) is 24.5 Å². The summed E-state index contributed by atoms with van der Waals surface area (Å²) in [6.07, 6.45) is 3.47. The third-order valence-corrected chi connectivity index (χ3v) is 4.77. The van der Waals surface area contributed by atoms with Gasteiger partial charge in [-0.1, -0.05) is 18.6 Å². The van der Waals surface area contributed by atoms with Crippen molar-refractivity contribution in [2.75, 3.05) is 26.2 Å². The zero-order valence-electron chi connectivity index (χ0n) is 12.0. The normalized spacial score (nSPS) is 22.6. The summed E-state index contributed by atoms with van der Waals surface area (Å²) in [6, 6.07) is 3.54. The van der Waals surface area contributed by atoms with Gasteiger partial charge >= 0.3 is 0 Å². The highest BCUT2D eigenvalue weighted by molar-refractivity contribution is 5.29. The molecule has 0 radical (unpaired) electrons. The molecule has 2 fully saturated rings. The molecule has 110 valence electrons. The topological polar surface area (TPSA) is 15.3 Å². The molecule has 1 aromatic carbocycles. The van der Waals surface area contributed by atoms with Gasteiger partial charge in [0.15, 0.2) is 11.6 Å². The molecule has 1 heterocycles. The van der Waals surface area contributed by atoms with Crippen LogP contribution in [-0.4, -0.2) is 31.1 Å². The quantitative estimate of drug-likeness (QED) is 0.915. The zero-order valence-corrected chi connectivity index (χ0v) is 12.0. The highest BCUT2D eigenvalue weighted by Crippen LogP contribution is 2.42. The number of nitrogens with one attached hydrogen (secondary N) is 1. The first-order chi connectivity index (χ1) is 9.68. The van der Waals surface area contributed by atoms with E-state index in [9.17, 15) is 8.78 Å². The van der Waals surface area contributed by atoms with E-state index in [0.717, 1.165) is 39.0 Å². The molecule has 0 amide bonds. The van der Waals surface area contributed by atoms with E-state index in [2.05, 4.69) is 10.2 Å². The average Bonchev–Trinajstić information content (AvgIpc) is 2.42. The second-order valence-corrected chi connectivity index (χ2v) is 6.02. The van der Waals surface area contributed by atoms with Crippen molar-refractivity contribution in [3.8, 4) is 0 Å². The fourth-order valence-corrected chi connectivity index (χ4v) is 3.35. The lowest BCUT2D eigenvalue weighted by Gasteiger charge is -2.43. The van der Waals surface area contributed by atoms with Crippen LogP contribution in [0.15, 0.2) is 12.1 Å². The number of piperazine rings is 1. The number of nitrogens with zero attached hydrogens (tertiary/aromatic N) is 1. The van der Waals surface area contributed by atoms with Crippen LogP contribution in [0.5, 0.6) is 0 Å². The standard InChI is InChI=1S/C16H22F2N2/c1-11-5-6-13(15(18)14(11)17)16(12-3-2-4-12)20-9-7-19-8-10-20/h5-6,12,16,19H,2-4,7-10H2,1H3/t16-/m0/s1. The van der Waals surface area contributed by atoms with E-state index < -0.39 is 11.6 Å². The van der Waals surface area contributed by atoms with Crippen molar-refractivity contribution in [3.63, 3.8) is 0 Å². The Balaban J connectivity index is 1.94. The summed E-state index contributed by atoms with van der Waals surface area (Å²) < 4.78 is 28.3. The van der Waals surface area contributed by atoms with Crippen molar-refractivity contribution in [2.45, 2.75) is 32.2 Å². The third-order valence-electron chi connectivity index (χ3n) is 4.77. The van der Waals surface area contributed by atoms with Crippen molar-refractivity contribution in [1.82, 2.24) is 10.2 Å². The Morgan fingerprint density at radius 3 is 2.45 bits per heavy atom. The number of hydrogen-bond acceptors (Lipinski definition) is 2. The van der Waals surface area contributed by atoms with E-state index in [1.165, 1.54) is 6.42 Å². The molecule has 1 aromatic rings. The maximum atomic E-state index is 14.4. The first-order valence-electron chi connectivity index (χ1n) is 7.57. The molecule has 1 N–H and O–H groups in total. The van der Waals surface area contributed by atoms with Crippen molar-refractivity contribution < 1.29 is 8.78 Å². The molecule has 2 aliphatic rings. The highest BCUT2D eigenvalue weighted by atomic mass is 19.2. The maximum Gasteiger partial charge on any atom is 0.163 e. The summed E-state index contributed by atoms with van der Waals surface area (Å²) in [5, 5.41) is 3.32. The molecule has 1 atom stereocenters. The number of benzene rings is 1. The SMILES string of the molecule is Cc1ccc([C@H](C2CCC2)N2CCNCC2)c(F)c1F. The number of aryl methyl sites for hydroxylation is 1. The summed E-state index contributed by atoms with van der Waals surface area (Å²) in [5.74, 6) is -0.841. The number of halogens is 2. The Morgan fingerprint density at radius 1 is 1.15 bits per heavy atom. The summed E-state index contributed by atoms with van der Waals surface area (Å²) in [5.41, 5.74) is 0.943. The molecule has 1 aliphatic carbocycles. The lowest BCUT2D eigenvalue weighted by atomic mass is 9.76. The van der Waals surface area contributed by atoms with Gasteiger partial charge in [-0.3, -0.25) is 4.90 Å². The van der Waals surface area contributed by atoms with E-state index >= 15 is 0 Å². The van der Waals surface area contributed by atoms with Crippen LogP contribution in [-0.2, 0) is 0 Å². The van der Waals surface area contributed by atoms with Crippen LogP contribution in [0.3, 0.4) is 0 Å². The molecule has 1 aliphatic heterocycles. The van der Waals surface area contributed by atoms with E-state index in [-0.39, 0.29) is 6.04 Å². The minimum absolute atomic E-state index is 0.0425. The molecule has 0 bridgehead atoms. The molecular weight excluding hydrogens is 258 g/mol. The Labute approximate surface area is 119 Å². The van der Waals surface area contributed by atoms with Gasteiger partial charge in [0.1, 0.15) is 0 Å². The van der Waals surface area contributed by atoms with Gasteiger partial charge in [-0.15, -0.1) is 0 Å². The van der Waals surface area contributed by atoms with Crippen LogP contribution < -0.4 is 5.32 Å². The van der Waals surface area contributed by atoms with Gasteiger partial charge in [0.25, 0.3) is 0 Å². The van der Waals surface area contributed by atoms with Crippen molar-refractivity contribution in [2.24, 2.45) is 5.92 Å². The summed E-state index contributed by atoms with van der Waals surface area (Å²) in [6.45, 7) is 5.30. The van der Waals surface area contributed by atoms with Gasteiger partial charge < -0.3 is 5.32 Å². The summed E-state index contributed by atoms with van der Waals surface area (Å²) in [4.78, 5) is 2.33. The average molecular weight is 280 g/mol. The Bertz CT molecular complexity index is 480. The summed E-state index contributed by atoms with van der Waals surface area (Å²) in [7, 11) is 0. The molecule has 3 rings (SSSR count). The number of rotatable bonds is 3. The molecule has 1 saturated carbocycles. The van der Waals surface area contributed by atoms with Gasteiger partial charge in [0, 0.05) is 37.8 Å². The van der Waals surface area contributed by atoms with Crippen molar-refractivity contribution in [1.29, 1.82) is 0 Å². The Hall–Kier alpha value is -1.00. The fourth-order valence-electron chi connectivity index (χ4n) is 3.35. The minimum Gasteiger partial charge on any atom is -0.314 e. The predicted molar refractivity (Wildman–Crippen MR) is 75.6 cm³/mol. The largest absolute Gasteiger partial charge is 0.314 e. The van der Waals surface area contributed by atoms with Crippen LogP contribution in [0.25, 0.3) is 0 Å². The van der Waals surface area contributed by atoms with Crippen LogP contribution in [0.1, 0.15) is 36.4 Å². The fraction of sp³-hybridized carbons (Fsp3) is 0.625. The van der Waals surface area contributed by atoms with Gasteiger partial charge in [0.2, 0.25) is 0 Å². The van der Waals surface area contributed by atoms with Crippen LogP contribution in [0.2, 0.25) is 0 Å². The first-order valence-corrected chi connectivity index (χ1v) is 7.57. The van der Waals surface area contributed by atoms with Crippen LogP contribution >= 0.6 is 0 Å². The molecule has 1 saturated heterocycles. The minimum atomic E-state index is -0.679. The van der Waals surface area contributed by atoms with Gasteiger partial charge in [-0.05, 0) is 31.2 Å². The van der Waals surface area contributed by atoms with Crippen LogP contribution in [0.4, 0.5) is 8.78 Å². The molecule has 2 nitrogen and oxygen atoms in total. The van der Waals surface area contributed by atoms with Crippen molar-refractivity contribution in [3.05, 3.63) is 34.9 Å². The van der Waals surface area contributed by atoms with E-state index in [1.54, 1.807) is 19.1 Å². The number of hydrogen-bond donors (Lipinski definition) is 1. The molecular formula is C16H22F2N2. The van der Waals surface area contributed by atoms with Gasteiger partial charge in [-0.25, -0.2) is 8.78 Å². The first kappa shape index (κ1) is 14.0. The smallest absolute Gasteiger partial charge is 0.163 e. The van der Waals surface area contributed by atoms with E-state index in [0.29, 0.717) is 17.0 Å². The second kappa shape index (κ2) is 5.78. The molecule has 0 unspecified atom stereocenters. The van der Waals surface area contributed by atoms with E-state index in [1.807, 2.05) is 0 Å². The maximum absolute atomic E-state index is 14.4. The second-order valence-electron chi connectivity index (χ2n) is 6.02. The monoisotopic (exact) mass is 280 g/mol. The van der Waals surface area contributed by atoms with Gasteiger partial charge in [-0.2, -0.15) is 0 Å². The summed E-state index contributed by atoms with van der Waals surface area (Å²) >= 11 is 0. The molecule has 0 spiro atoms. The molecule has 0 aromatic heterocycles. The lowest BCUT2D eigenvalue weighted by Crippen LogP contribution is -2.48. The molecule has 20 heavy (non-hydrogen) atoms.